The summed E-state index contributed by atoms with van der Waals surface area (Å²) in [4.78, 5) is 11.8. The molecule has 0 aliphatic heterocycles. The van der Waals surface area contributed by atoms with Gasteiger partial charge in [-0.15, -0.1) is 0 Å². The van der Waals surface area contributed by atoms with Gasteiger partial charge in [0.15, 0.2) is 0 Å². The molecule has 2 nitrogen and oxygen atoms in total. The van der Waals surface area contributed by atoms with Crippen LogP contribution in [0.15, 0.2) is 35.9 Å². The van der Waals surface area contributed by atoms with Crippen molar-refractivity contribution >= 4 is 5.97 Å². The molecule has 114 valence electrons. The van der Waals surface area contributed by atoms with Crippen molar-refractivity contribution in [1.82, 2.24) is 0 Å². The summed E-state index contributed by atoms with van der Waals surface area (Å²) >= 11 is 0. The highest BCUT2D eigenvalue weighted by Crippen LogP contribution is 2.42. The van der Waals surface area contributed by atoms with Crippen LogP contribution >= 0.6 is 0 Å². The van der Waals surface area contributed by atoms with Gasteiger partial charge in [-0.2, -0.15) is 0 Å². The zero-order valence-corrected chi connectivity index (χ0v) is 13.6. The third-order valence-electron chi connectivity index (χ3n) is 4.12. The maximum Gasteiger partial charge on any atom is 0.306 e. The molecule has 2 rings (SSSR count). The number of esters is 1. The van der Waals surface area contributed by atoms with E-state index < -0.39 is 0 Å². The number of ether oxygens (including phenoxy) is 1. The number of carbonyl (C=O) groups is 1. The van der Waals surface area contributed by atoms with Crippen molar-refractivity contribution in [2.75, 3.05) is 6.61 Å². The minimum Gasteiger partial charge on any atom is -0.466 e. The van der Waals surface area contributed by atoms with E-state index in [4.69, 9.17) is 4.74 Å². The van der Waals surface area contributed by atoms with Gasteiger partial charge in [0, 0.05) is 0 Å². The topological polar surface area (TPSA) is 26.3 Å². The first-order valence-corrected chi connectivity index (χ1v) is 7.82. The molecule has 1 unspecified atom stereocenters. The molecule has 21 heavy (non-hydrogen) atoms. The average molecular weight is 286 g/mol. The molecule has 0 amide bonds. The third-order valence-corrected chi connectivity index (χ3v) is 4.12. The molecule has 1 aromatic rings. The number of rotatable bonds is 5. The standard InChI is InChI=1S/C19H26O2/c1-5-21-18(20)11-17-13-19(3,4)12-16(17)10-15-8-6-14(2)7-9-15/h6-9,12,17H,5,10-11,13H2,1-4H3. The second-order valence-corrected chi connectivity index (χ2v) is 6.78. The predicted octanol–water partition coefficient (Wildman–Crippen LogP) is 4.46. The molecule has 2 heteroatoms. The summed E-state index contributed by atoms with van der Waals surface area (Å²) in [6.45, 7) is 8.91. The zero-order chi connectivity index (χ0) is 15.5. The fraction of sp³-hybridized carbons (Fsp3) is 0.526. The lowest BCUT2D eigenvalue weighted by molar-refractivity contribution is -0.144. The van der Waals surface area contributed by atoms with Crippen LogP contribution in [0, 0.1) is 18.3 Å². The second kappa shape index (κ2) is 6.46. The van der Waals surface area contributed by atoms with Crippen molar-refractivity contribution in [2.24, 2.45) is 11.3 Å². The van der Waals surface area contributed by atoms with Gasteiger partial charge < -0.3 is 4.74 Å². The van der Waals surface area contributed by atoms with Gasteiger partial charge in [-0.1, -0.05) is 55.3 Å². The van der Waals surface area contributed by atoms with Crippen LogP contribution in [0.4, 0.5) is 0 Å². The zero-order valence-electron chi connectivity index (χ0n) is 13.6. The maximum absolute atomic E-state index is 11.8. The monoisotopic (exact) mass is 286 g/mol. The van der Waals surface area contributed by atoms with Gasteiger partial charge in [-0.3, -0.25) is 4.79 Å². The fourth-order valence-corrected chi connectivity index (χ4v) is 3.21. The van der Waals surface area contributed by atoms with Crippen molar-refractivity contribution in [2.45, 2.75) is 47.0 Å². The molecule has 0 radical (unpaired) electrons. The SMILES string of the molecule is CCOC(=O)CC1CC(C)(C)C=C1Cc1ccc(C)cc1. The molecule has 1 aromatic carbocycles. The molecule has 0 bridgehead atoms. The van der Waals surface area contributed by atoms with Crippen LogP contribution in [-0.4, -0.2) is 12.6 Å². The van der Waals surface area contributed by atoms with E-state index in [0.717, 1.165) is 12.8 Å². The van der Waals surface area contributed by atoms with Gasteiger partial charge in [-0.05, 0) is 43.6 Å². The van der Waals surface area contributed by atoms with Gasteiger partial charge in [0.25, 0.3) is 0 Å². The number of benzene rings is 1. The van der Waals surface area contributed by atoms with E-state index in [1.54, 1.807) is 0 Å². The summed E-state index contributed by atoms with van der Waals surface area (Å²) in [5.74, 6) is 0.246. The van der Waals surface area contributed by atoms with Crippen LogP contribution in [-0.2, 0) is 16.0 Å². The van der Waals surface area contributed by atoms with E-state index in [-0.39, 0.29) is 11.4 Å². The van der Waals surface area contributed by atoms with Crippen molar-refractivity contribution in [3.63, 3.8) is 0 Å². The lowest BCUT2D eigenvalue weighted by Gasteiger charge is -2.18. The number of hydrogen-bond donors (Lipinski definition) is 0. The lowest BCUT2D eigenvalue weighted by atomic mass is 9.87. The van der Waals surface area contributed by atoms with Crippen LogP contribution in [0.3, 0.4) is 0 Å². The molecule has 0 spiro atoms. The molecule has 0 saturated heterocycles. The first-order chi connectivity index (χ1) is 9.89. The first-order valence-electron chi connectivity index (χ1n) is 7.82. The number of carbonyl (C=O) groups excluding carboxylic acids is 1. The van der Waals surface area contributed by atoms with Gasteiger partial charge >= 0.3 is 5.97 Å². The summed E-state index contributed by atoms with van der Waals surface area (Å²) in [7, 11) is 0. The molecule has 1 aliphatic carbocycles. The molecule has 0 fully saturated rings. The predicted molar refractivity (Wildman–Crippen MR) is 86.1 cm³/mol. The van der Waals surface area contributed by atoms with E-state index in [0.29, 0.717) is 18.9 Å². The normalized spacial score (nSPS) is 20.2. The largest absolute Gasteiger partial charge is 0.466 e. The highest BCUT2D eigenvalue weighted by molar-refractivity contribution is 5.70. The first kappa shape index (κ1) is 15.8. The minimum atomic E-state index is -0.0741. The minimum absolute atomic E-state index is 0.0741. The number of allylic oxidation sites excluding steroid dienone is 2. The Balaban J connectivity index is 2.09. The molecular formula is C19H26O2. The van der Waals surface area contributed by atoms with E-state index in [9.17, 15) is 4.79 Å². The Labute approximate surface area is 128 Å². The van der Waals surface area contributed by atoms with Crippen LogP contribution in [0.1, 0.15) is 44.7 Å². The van der Waals surface area contributed by atoms with Crippen LogP contribution in [0.5, 0.6) is 0 Å². The van der Waals surface area contributed by atoms with Gasteiger partial charge in [0.1, 0.15) is 0 Å². The smallest absolute Gasteiger partial charge is 0.306 e. The molecule has 0 saturated carbocycles. The van der Waals surface area contributed by atoms with Gasteiger partial charge in [-0.25, -0.2) is 0 Å². The van der Waals surface area contributed by atoms with Crippen molar-refractivity contribution in [1.29, 1.82) is 0 Å². The average Bonchev–Trinajstić information content (AvgIpc) is 2.67. The molecule has 1 atom stereocenters. The van der Waals surface area contributed by atoms with Gasteiger partial charge in [0.05, 0.1) is 13.0 Å². The maximum atomic E-state index is 11.8. The van der Waals surface area contributed by atoms with Gasteiger partial charge in [0.2, 0.25) is 0 Å². The summed E-state index contributed by atoms with van der Waals surface area (Å²) in [6, 6.07) is 8.67. The Bertz CT molecular complexity index is 523. The Kier molecular flexibility index (Phi) is 4.87. The van der Waals surface area contributed by atoms with Crippen LogP contribution < -0.4 is 0 Å². The van der Waals surface area contributed by atoms with Crippen LogP contribution in [0.25, 0.3) is 0 Å². The highest BCUT2D eigenvalue weighted by atomic mass is 16.5. The van der Waals surface area contributed by atoms with E-state index in [2.05, 4.69) is 51.1 Å². The molecule has 0 N–H and O–H groups in total. The van der Waals surface area contributed by atoms with E-state index in [1.165, 1.54) is 16.7 Å². The van der Waals surface area contributed by atoms with Crippen molar-refractivity contribution in [3.05, 3.63) is 47.0 Å². The Morgan fingerprint density at radius 2 is 1.95 bits per heavy atom. The van der Waals surface area contributed by atoms with Crippen molar-refractivity contribution < 1.29 is 9.53 Å². The molecular weight excluding hydrogens is 260 g/mol. The highest BCUT2D eigenvalue weighted by Gasteiger charge is 2.33. The number of aryl methyl sites for hydroxylation is 1. The van der Waals surface area contributed by atoms with Crippen LogP contribution in [0.2, 0.25) is 0 Å². The van der Waals surface area contributed by atoms with Crippen molar-refractivity contribution in [3.8, 4) is 0 Å². The number of hydrogen-bond acceptors (Lipinski definition) is 2. The molecule has 1 aliphatic rings. The second-order valence-electron chi connectivity index (χ2n) is 6.78. The quantitative estimate of drug-likeness (QED) is 0.590. The Hall–Kier alpha value is -1.57. The summed E-state index contributed by atoms with van der Waals surface area (Å²) in [5.41, 5.74) is 4.16. The Morgan fingerprint density at radius 3 is 2.57 bits per heavy atom. The van der Waals surface area contributed by atoms with E-state index >= 15 is 0 Å². The molecule has 0 heterocycles. The Morgan fingerprint density at radius 1 is 1.29 bits per heavy atom. The summed E-state index contributed by atoms with van der Waals surface area (Å²) in [5, 5.41) is 0. The van der Waals surface area contributed by atoms with E-state index in [1.807, 2.05) is 6.92 Å². The third kappa shape index (κ3) is 4.45. The summed E-state index contributed by atoms with van der Waals surface area (Å²) < 4.78 is 5.12. The molecule has 0 aromatic heterocycles. The lowest BCUT2D eigenvalue weighted by Crippen LogP contribution is -2.14. The summed E-state index contributed by atoms with van der Waals surface area (Å²) in [6.07, 6.45) is 4.84. The fourth-order valence-electron chi connectivity index (χ4n) is 3.21.